The maximum Gasteiger partial charge on any atom is 0.472 e. The molecule has 102 heavy (non-hydrogen) atoms. The minimum Gasteiger partial charge on any atom is -0.462 e. The Labute approximate surface area is 621 Å². The van der Waals surface area contributed by atoms with Crippen molar-refractivity contribution >= 4 is 39.5 Å². The zero-order chi connectivity index (χ0) is 74.6. The summed E-state index contributed by atoms with van der Waals surface area (Å²) in [5.74, 6) is -2.20. The highest BCUT2D eigenvalue weighted by Gasteiger charge is 2.30. The molecule has 3 unspecified atom stereocenters. The molecular formula is C83H148O17P2. The SMILES string of the molecule is CCCCCC=CCC=CCCCCCCCCCC(=O)OC[C@H](COP(=O)(O)OCC(O)COP(=O)(O)OC[C@@H](COC(=O)CCCCCCCC=CCC=CCCCCC)OC(=O)CCCCCCCC=CCCCCCCCC)OC(=O)CCCCCCCC=CCC=CCCCCC. The number of hydrogen-bond acceptors (Lipinski definition) is 15. The summed E-state index contributed by atoms with van der Waals surface area (Å²) in [6, 6.07) is 0. The number of carbonyl (C=O) groups is 4. The molecule has 17 nitrogen and oxygen atoms in total. The summed E-state index contributed by atoms with van der Waals surface area (Å²) in [5, 5.41) is 10.6. The fourth-order valence-electron chi connectivity index (χ4n) is 11.0. The lowest BCUT2D eigenvalue weighted by Gasteiger charge is -2.21. The molecule has 0 aliphatic rings. The van der Waals surface area contributed by atoms with Gasteiger partial charge in [-0.2, -0.15) is 0 Å². The lowest BCUT2D eigenvalue weighted by molar-refractivity contribution is -0.161. The topological polar surface area (TPSA) is 237 Å². The Morgan fingerprint density at radius 2 is 0.480 bits per heavy atom. The Hall–Kier alpha value is -3.76. The third-order valence-electron chi connectivity index (χ3n) is 17.3. The Morgan fingerprint density at radius 3 is 0.755 bits per heavy atom. The molecule has 0 rings (SSSR count). The number of ether oxygens (including phenoxy) is 4. The van der Waals surface area contributed by atoms with Gasteiger partial charge in [0.15, 0.2) is 12.2 Å². The lowest BCUT2D eigenvalue weighted by Crippen LogP contribution is -2.30. The van der Waals surface area contributed by atoms with Crippen LogP contribution in [0.1, 0.15) is 362 Å². The van der Waals surface area contributed by atoms with Crippen molar-refractivity contribution in [3.63, 3.8) is 0 Å². The largest absolute Gasteiger partial charge is 0.472 e. The second kappa shape index (κ2) is 75.5. The van der Waals surface area contributed by atoms with E-state index < -0.39 is 97.5 Å². The number of rotatable bonds is 77. The van der Waals surface area contributed by atoms with E-state index in [1.165, 1.54) is 96.3 Å². The Bertz CT molecular complexity index is 2260. The summed E-state index contributed by atoms with van der Waals surface area (Å²) in [4.78, 5) is 73.1. The van der Waals surface area contributed by atoms with Gasteiger partial charge in [0, 0.05) is 25.7 Å². The van der Waals surface area contributed by atoms with E-state index in [1.54, 1.807) is 0 Å². The number of carbonyl (C=O) groups excluding carboxylic acids is 4. The van der Waals surface area contributed by atoms with E-state index in [4.69, 9.17) is 37.0 Å². The van der Waals surface area contributed by atoms with Crippen molar-refractivity contribution in [3.8, 4) is 0 Å². The van der Waals surface area contributed by atoms with Gasteiger partial charge in [-0.3, -0.25) is 37.3 Å². The molecule has 0 aromatic rings. The van der Waals surface area contributed by atoms with Crippen LogP contribution in [-0.4, -0.2) is 96.7 Å². The number of allylic oxidation sites excluding steroid dienone is 14. The maximum atomic E-state index is 13.1. The van der Waals surface area contributed by atoms with Crippen LogP contribution in [0, 0.1) is 0 Å². The number of aliphatic hydroxyl groups is 1. The van der Waals surface area contributed by atoms with Gasteiger partial charge < -0.3 is 33.8 Å². The first-order valence-corrected chi connectivity index (χ1v) is 43.8. The lowest BCUT2D eigenvalue weighted by atomic mass is 10.1. The molecule has 3 N–H and O–H groups in total. The standard InChI is InChI=1S/C83H148O17P2/c1-5-9-13-17-21-25-29-33-37-38-42-44-48-52-56-60-64-68-81(86)94-74-79(100-83(88)70-66-62-58-54-50-46-41-36-32-28-24-20-16-12-8-4)76-98-102(91,92)96-72-77(84)71-95-101(89,90)97-75-78(99-82(87)69-65-61-57-53-49-45-40-35-31-27-23-19-15-11-7-3)73-93-80(85)67-63-59-55-51-47-43-39-34-30-26-22-18-14-10-6-2/h21-22,24-26,28,33-37,39-41,77-79,84H,5-20,23,27,29-32,38,42-76H2,1-4H3,(H,89,90)(H,91,92)/t77?,78-,79-/m1/s1. The maximum absolute atomic E-state index is 13.1. The van der Waals surface area contributed by atoms with Crippen LogP contribution in [0.5, 0.6) is 0 Å². The first-order valence-electron chi connectivity index (χ1n) is 40.8. The average molecular weight is 1480 g/mol. The molecule has 0 spiro atoms. The minimum atomic E-state index is -4.98. The molecule has 0 amide bonds. The predicted molar refractivity (Wildman–Crippen MR) is 418 cm³/mol. The molecular weight excluding hydrogens is 1330 g/mol. The van der Waals surface area contributed by atoms with Gasteiger partial charge in [-0.05, 0) is 148 Å². The van der Waals surface area contributed by atoms with E-state index in [9.17, 15) is 43.2 Å². The minimum absolute atomic E-state index is 0.0784. The van der Waals surface area contributed by atoms with Crippen LogP contribution >= 0.6 is 15.6 Å². The highest BCUT2D eigenvalue weighted by molar-refractivity contribution is 7.47. The van der Waals surface area contributed by atoms with Gasteiger partial charge in [-0.25, -0.2) is 9.13 Å². The third kappa shape index (κ3) is 74.5. The number of phosphoric ester groups is 2. The Morgan fingerprint density at radius 1 is 0.275 bits per heavy atom. The molecule has 0 bridgehead atoms. The summed E-state index contributed by atoms with van der Waals surface area (Å²) in [7, 11) is -9.96. The molecule has 0 aliphatic carbocycles. The van der Waals surface area contributed by atoms with Crippen LogP contribution < -0.4 is 0 Å². The molecule has 0 saturated heterocycles. The monoisotopic (exact) mass is 1480 g/mol. The second-order valence-electron chi connectivity index (χ2n) is 27.3. The van der Waals surface area contributed by atoms with E-state index >= 15 is 0 Å². The van der Waals surface area contributed by atoms with Crippen LogP contribution in [0.3, 0.4) is 0 Å². The van der Waals surface area contributed by atoms with Gasteiger partial charge in [0.2, 0.25) is 0 Å². The summed E-state index contributed by atoms with van der Waals surface area (Å²) < 4.78 is 68.6. The zero-order valence-corrected chi connectivity index (χ0v) is 66.6. The van der Waals surface area contributed by atoms with Crippen molar-refractivity contribution in [1.29, 1.82) is 0 Å². The second-order valence-corrected chi connectivity index (χ2v) is 30.3. The molecule has 592 valence electrons. The normalized spacial score (nSPS) is 14.3. The summed E-state index contributed by atoms with van der Waals surface area (Å²) in [5.41, 5.74) is 0. The Kier molecular flexibility index (Phi) is 72.7. The van der Waals surface area contributed by atoms with Gasteiger partial charge in [0.25, 0.3) is 0 Å². The highest BCUT2D eigenvalue weighted by atomic mass is 31.2. The fraction of sp³-hybridized carbons (Fsp3) is 0.783. The van der Waals surface area contributed by atoms with Crippen LogP contribution in [0.2, 0.25) is 0 Å². The van der Waals surface area contributed by atoms with Crippen molar-refractivity contribution in [2.75, 3.05) is 39.6 Å². The van der Waals surface area contributed by atoms with Gasteiger partial charge in [0.05, 0.1) is 26.4 Å². The number of esters is 4. The van der Waals surface area contributed by atoms with E-state index in [2.05, 4.69) is 113 Å². The van der Waals surface area contributed by atoms with Gasteiger partial charge in [0.1, 0.15) is 19.3 Å². The molecule has 0 radical (unpaired) electrons. The molecule has 0 aromatic heterocycles. The van der Waals surface area contributed by atoms with E-state index in [0.717, 1.165) is 186 Å². The van der Waals surface area contributed by atoms with Crippen LogP contribution in [0.25, 0.3) is 0 Å². The third-order valence-corrected chi connectivity index (χ3v) is 19.2. The number of hydrogen-bond donors (Lipinski definition) is 3. The van der Waals surface area contributed by atoms with E-state index in [0.29, 0.717) is 25.7 Å². The average Bonchev–Trinajstić information content (AvgIpc) is 0.923. The summed E-state index contributed by atoms with van der Waals surface area (Å²) >= 11 is 0. The summed E-state index contributed by atoms with van der Waals surface area (Å²) in [6.45, 7) is 4.80. The first-order chi connectivity index (χ1) is 49.7. The fourth-order valence-corrected chi connectivity index (χ4v) is 12.6. The van der Waals surface area contributed by atoms with Crippen LogP contribution in [0.4, 0.5) is 0 Å². The van der Waals surface area contributed by atoms with Crippen LogP contribution in [0.15, 0.2) is 85.1 Å². The number of unbranched alkanes of at least 4 members (excludes halogenated alkanes) is 37. The molecule has 0 aromatic carbocycles. The van der Waals surface area contributed by atoms with Gasteiger partial charge in [-0.1, -0.05) is 273 Å². The molecule has 5 atom stereocenters. The first kappa shape index (κ1) is 98.2. The van der Waals surface area contributed by atoms with Crippen molar-refractivity contribution < 1.29 is 80.2 Å². The molecule has 0 saturated carbocycles. The number of phosphoric acid groups is 2. The highest BCUT2D eigenvalue weighted by Crippen LogP contribution is 2.45. The van der Waals surface area contributed by atoms with Crippen molar-refractivity contribution in [2.45, 2.75) is 380 Å². The van der Waals surface area contributed by atoms with Crippen molar-refractivity contribution in [3.05, 3.63) is 85.1 Å². The van der Waals surface area contributed by atoms with Crippen molar-refractivity contribution in [2.24, 2.45) is 0 Å². The smallest absolute Gasteiger partial charge is 0.462 e. The molecule has 0 aliphatic heterocycles. The molecule has 0 heterocycles. The Balaban J connectivity index is 5.37. The molecule has 0 fully saturated rings. The van der Waals surface area contributed by atoms with Gasteiger partial charge in [-0.15, -0.1) is 0 Å². The molecule has 19 heteroatoms. The van der Waals surface area contributed by atoms with Crippen LogP contribution in [-0.2, 0) is 65.4 Å². The van der Waals surface area contributed by atoms with Gasteiger partial charge >= 0.3 is 39.5 Å². The summed E-state index contributed by atoms with van der Waals surface area (Å²) in [6.07, 6.45) is 78.3. The quantitative estimate of drug-likeness (QED) is 0.0169. The van der Waals surface area contributed by atoms with Crippen molar-refractivity contribution in [1.82, 2.24) is 0 Å². The number of aliphatic hydroxyl groups excluding tert-OH is 1. The van der Waals surface area contributed by atoms with E-state index in [-0.39, 0.29) is 25.7 Å². The predicted octanol–water partition coefficient (Wildman–Crippen LogP) is 23.8. The van der Waals surface area contributed by atoms with E-state index in [1.807, 2.05) is 0 Å². The zero-order valence-electron chi connectivity index (χ0n) is 64.8.